The van der Waals surface area contributed by atoms with Crippen LogP contribution in [0.2, 0.25) is 0 Å². The van der Waals surface area contributed by atoms with Crippen LogP contribution in [-0.4, -0.2) is 60.5 Å². The van der Waals surface area contributed by atoms with E-state index in [1.807, 2.05) is 13.8 Å². The van der Waals surface area contributed by atoms with E-state index in [4.69, 9.17) is 0 Å². The van der Waals surface area contributed by atoms with Crippen molar-refractivity contribution in [3.05, 3.63) is 0 Å². The van der Waals surface area contributed by atoms with E-state index in [-0.39, 0.29) is 22.9 Å². The van der Waals surface area contributed by atoms with Gasteiger partial charge >= 0.3 is 5.97 Å². The summed E-state index contributed by atoms with van der Waals surface area (Å²) in [5.41, 5.74) is -1.28. The molecule has 1 saturated heterocycles. The highest BCUT2D eigenvalue weighted by atomic mass is 32.2. The van der Waals surface area contributed by atoms with E-state index < -0.39 is 39.4 Å². The highest BCUT2D eigenvalue weighted by Crippen LogP contribution is 2.64. The van der Waals surface area contributed by atoms with Crippen LogP contribution >= 0.6 is 0 Å². The van der Waals surface area contributed by atoms with Gasteiger partial charge in [0.15, 0.2) is 0 Å². The van der Waals surface area contributed by atoms with Crippen molar-refractivity contribution in [2.75, 3.05) is 12.3 Å². The lowest BCUT2D eigenvalue weighted by molar-refractivity contribution is -0.148. The second-order valence-corrected chi connectivity index (χ2v) is 10.5. The number of amides is 1. The summed E-state index contributed by atoms with van der Waals surface area (Å²) in [5, 5.41) is 9.22. The molecule has 1 aliphatic heterocycles. The van der Waals surface area contributed by atoms with Crippen molar-refractivity contribution in [3.63, 3.8) is 0 Å². The minimum Gasteiger partial charge on any atom is -0.480 e. The van der Waals surface area contributed by atoms with Crippen LogP contribution in [0, 0.1) is 16.7 Å². The summed E-state index contributed by atoms with van der Waals surface area (Å²) in [7, 11) is -3.89. The molecular formula is C18H28N2O6S. The molecule has 2 aliphatic carbocycles. The smallest absolute Gasteiger partial charge is 0.326 e. The number of rotatable bonds is 6. The lowest BCUT2D eigenvalue weighted by atomic mass is 9.70. The maximum absolute atomic E-state index is 12.8. The van der Waals surface area contributed by atoms with E-state index >= 15 is 0 Å². The number of hydrogen-bond donors (Lipinski definition) is 2. The first kappa shape index (κ1) is 20.3. The van der Waals surface area contributed by atoms with Gasteiger partial charge in [-0.25, -0.2) is 17.9 Å². The number of carboxylic acids is 1. The van der Waals surface area contributed by atoms with Crippen molar-refractivity contribution in [1.82, 2.24) is 9.62 Å². The summed E-state index contributed by atoms with van der Waals surface area (Å²) in [5.74, 6) is -1.73. The molecule has 27 heavy (non-hydrogen) atoms. The Labute approximate surface area is 159 Å². The molecule has 0 aromatic carbocycles. The first-order chi connectivity index (χ1) is 12.4. The van der Waals surface area contributed by atoms with Crippen LogP contribution in [0.15, 0.2) is 0 Å². The molecule has 2 N–H and O–H groups in total. The van der Waals surface area contributed by atoms with Crippen LogP contribution < -0.4 is 4.72 Å². The molecule has 0 radical (unpaired) electrons. The molecule has 8 nitrogen and oxygen atoms in total. The van der Waals surface area contributed by atoms with Crippen LogP contribution in [0.25, 0.3) is 0 Å². The topological polar surface area (TPSA) is 121 Å². The van der Waals surface area contributed by atoms with Gasteiger partial charge in [-0.1, -0.05) is 13.8 Å². The summed E-state index contributed by atoms with van der Waals surface area (Å²) in [6.07, 6.45) is 2.77. The molecule has 2 saturated carbocycles. The van der Waals surface area contributed by atoms with Gasteiger partial charge in [0.25, 0.3) is 0 Å². The largest absolute Gasteiger partial charge is 0.480 e. The van der Waals surface area contributed by atoms with Gasteiger partial charge in [0.2, 0.25) is 15.9 Å². The Morgan fingerprint density at radius 3 is 2.52 bits per heavy atom. The van der Waals surface area contributed by atoms with Gasteiger partial charge in [-0.2, -0.15) is 0 Å². The maximum atomic E-state index is 12.8. The second-order valence-electron chi connectivity index (χ2n) is 8.79. The zero-order valence-electron chi connectivity index (χ0n) is 16.0. The number of Topliss-reactive ketones (excluding diaryl/α,β-unsaturated/α-hetero) is 1. The Bertz CT molecular complexity index is 777. The van der Waals surface area contributed by atoms with E-state index in [1.54, 1.807) is 0 Å². The first-order valence-corrected chi connectivity index (χ1v) is 11.1. The fourth-order valence-electron chi connectivity index (χ4n) is 5.33. The number of carbonyl (C=O) groups is 3. The van der Waals surface area contributed by atoms with Gasteiger partial charge in [0.1, 0.15) is 11.8 Å². The molecule has 3 aliphatic rings. The zero-order valence-corrected chi connectivity index (χ0v) is 16.8. The maximum Gasteiger partial charge on any atom is 0.326 e. The highest BCUT2D eigenvalue weighted by Gasteiger charge is 2.65. The third-order valence-electron chi connectivity index (χ3n) is 7.12. The Hall–Kier alpha value is -1.48. The number of nitrogens with one attached hydrogen (secondary N) is 1. The molecule has 1 heterocycles. The van der Waals surface area contributed by atoms with Gasteiger partial charge in [-0.15, -0.1) is 0 Å². The average Bonchev–Trinajstić information content (AvgIpc) is 3.16. The molecule has 0 aromatic rings. The third kappa shape index (κ3) is 3.18. The molecular weight excluding hydrogens is 372 g/mol. The van der Waals surface area contributed by atoms with Crippen molar-refractivity contribution in [2.24, 2.45) is 16.7 Å². The number of fused-ring (bicyclic) bond motifs is 2. The monoisotopic (exact) mass is 400 g/mol. The number of carboxylic acid groups (broad SMARTS) is 1. The lowest BCUT2D eigenvalue weighted by Crippen LogP contribution is -2.52. The summed E-state index contributed by atoms with van der Waals surface area (Å²) in [6.45, 7) is 5.65. The molecule has 4 atom stereocenters. The normalized spacial score (nSPS) is 33.4. The quantitative estimate of drug-likeness (QED) is 0.679. The Morgan fingerprint density at radius 2 is 2.00 bits per heavy atom. The molecule has 2 unspecified atom stereocenters. The number of hydrogen-bond acceptors (Lipinski definition) is 5. The van der Waals surface area contributed by atoms with E-state index in [0.29, 0.717) is 32.2 Å². The highest BCUT2D eigenvalue weighted by molar-refractivity contribution is 7.89. The van der Waals surface area contributed by atoms with Gasteiger partial charge in [-0.3, -0.25) is 9.59 Å². The van der Waals surface area contributed by atoms with Crippen molar-refractivity contribution < 1.29 is 27.9 Å². The van der Waals surface area contributed by atoms with Gasteiger partial charge in [0.05, 0.1) is 11.8 Å². The fraction of sp³-hybridized carbons (Fsp3) is 0.833. The summed E-state index contributed by atoms with van der Waals surface area (Å²) < 4.78 is 28.0. The number of carbonyl (C=O) groups excluding carboxylic acids is 2. The number of nitrogens with zero attached hydrogens (tertiary/aromatic N) is 1. The molecule has 0 aromatic heterocycles. The molecule has 0 spiro atoms. The SMILES string of the molecule is C[C@H](NS(=O)(=O)CC12CCC(CC1=O)C2(C)C)C(=O)N1CCC[C@H]1C(=O)O. The second kappa shape index (κ2) is 6.55. The van der Waals surface area contributed by atoms with Crippen molar-refractivity contribution in [3.8, 4) is 0 Å². The molecule has 2 bridgehead atoms. The predicted molar refractivity (Wildman–Crippen MR) is 97.3 cm³/mol. The van der Waals surface area contributed by atoms with Gasteiger partial charge in [-0.05, 0) is 43.9 Å². The lowest BCUT2D eigenvalue weighted by Gasteiger charge is -2.36. The number of likely N-dealkylation sites (tertiary alicyclic amines) is 1. The van der Waals surface area contributed by atoms with Gasteiger partial charge < -0.3 is 10.0 Å². The summed E-state index contributed by atoms with van der Waals surface area (Å²) >= 11 is 0. The number of aliphatic carboxylic acids is 1. The zero-order chi connectivity index (χ0) is 20.2. The van der Waals surface area contributed by atoms with Crippen LogP contribution in [0.1, 0.15) is 52.9 Å². The molecule has 3 fully saturated rings. The van der Waals surface area contributed by atoms with E-state index in [9.17, 15) is 27.9 Å². The van der Waals surface area contributed by atoms with Crippen molar-refractivity contribution in [1.29, 1.82) is 0 Å². The Morgan fingerprint density at radius 1 is 1.33 bits per heavy atom. The van der Waals surface area contributed by atoms with E-state index in [2.05, 4.69) is 4.72 Å². The first-order valence-electron chi connectivity index (χ1n) is 9.48. The minimum atomic E-state index is -3.89. The number of sulfonamides is 1. The Kier molecular flexibility index (Phi) is 4.91. The van der Waals surface area contributed by atoms with Crippen LogP contribution in [0.3, 0.4) is 0 Å². The average molecular weight is 400 g/mol. The van der Waals surface area contributed by atoms with Crippen molar-refractivity contribution >= 4 is 27.7 Å². The molecule has 152 valence electrons. The summed E-state index contributed by atoms with van der Waals surface area (Å²) in [6, 6.07) is -1.97. The van der Waals surface area contributed by atoms with Crippen molar-refractivity contribution in [2.45, 2.75) is 65.0 Å². The summed E-state index contributed by atoms with van der Waals surface area (Å²) in [4.78, 5) is 37.7. The van der Waals surface area contributed by atoms with Crippen LogP contribution in [0.4, 0.5) is 0 Å². The Balaban J connectivity index is 1.72. The molecule has 9 heteroatoms. The fourth-order valence-corrected chi connectivity index (χ4v) is 7.38. The minimum absolute atomic E-state index is 0.00131. The third-order valence-corrected chi connectivity index (χ3v) is 8.71. The number of ketones is 1. The predicted octanol–water partition coefficient (Wildman–Crippen LogP) is 0.765. The molecule has 1 amide bonds. The van der Waals surface area contributed by atoms with Gasteiger partial charge in [0, 0.05) is 18.4 Å². The molecule has 3 rings (SSSR count). The van der Waals surface area contributed by atoms with E-state index in [1.165, 1.54) is 11.8 Å². The van der Waals surface area contributed by atoms with Crippen LogP contribution in [-0.2, 0) is 24.4 Å². The standard InChI is InChI=1S/C18H28N2O6S/c1-11(15(22)20-8-4-5-13(20)16(23)24)19-27(25,26)10-18-7-6-12(9-14(18)21)17(18,2)3/h11-13,19H,4-10H2,1-3H3,(H,23,24)/t11-,12?,13-,18?/m0/s1. The van der Waals surface area contributed by atoms with Crippen LogP contribution in [0.5, 0.6) is 0 Å². The van der Waals surface area contributed by atoms with E-state index in [0.717, 1.165) is 6.42 Å².